The van der Waals surface area contributed by atoms with Crippen LogP contribution in [0.5, 0.6) is 5.75 Å². The first-order valence-electron chi connectivity index (χ1n) is 6.86. The van der Waals surface area contributed by atoms with Crippen molar-refractivity contribution in [3.05, 3.63) is 28.8 Å². The van der Waals surface area contributed by atoms with Crippen LogP contribution in [0.2, 0.25) is 5.02 Å². The average molecular weight is 312 g/mol. The van der Waals surface area contributed by atoms with Crippen LogP contribution in [-0.4, -0.2) is 29.1 Å². The number of aryl methyl sites for hydroxylation is 1. The lowest BCUT2D eigenvalue weighted by atomic mass is 9.98. The molecule has 2 rings (SSSR count). The summed E-state index contributed by atoms with van der Waals surface area (Å²) in [6.07, 6.45) is 2.52. The first kappa shape index (κ1) is 15.6. The lowest BCUT2D eigenvalue weighted by Crippen LogP contribution is -2.53. The molecule has 1 saturated carbocycles. The molecule has 1 aliphatic carbocycles. The average Bonchev–Trinajstić information content (AvgIpc) is 2.89. The molecule has 1 fully saturated rings. The van der Waals surface area contributed by atoms with Gasteiger partial charge in [0.25, 0.3) is 5.91 Å². The highest BCUT2D eigenvalue weighted by Crippen LogP contribution is 2.30. The zero-order valence-corrected chi connectivity index (χ0v) is 12.6. The highest BCUT2D eigenvalue weighted by molar-refractivity contribution is 6.32. The number of nitrogens with one attached hydrogen (secondary N) is 1. The number of aliphatic carboxylic acids is 1. The van der Waals surface area contributed by atoms with Crippen molar-refractivity contribution in [2.75, 3.05) is 6.61 Å². The Balaban J connectivity index is 1.96. The van der Waals surface area contributed by atoms with Gasteiger partial charge in [-0.25, -0.2) is 4.79 Å². The molecule has 0 saturated heterocycles. The molecule has 1 aliphatic rings. The van der Waals surface area contributed by atoms with Crippen molar-refractivity contribution in [1.29, 1.82) is 0 Å². The van der Waals surface area contributed by atoms with Crippen LogP contribution in [0.1, 0.15) is 31.2 Å². The van der Waals surface area contributed by atoms with Gasteiger partial charge in [0.15, 0.2) is 6.61 Å². The fraction of sp³-hybridized carbons (Fsp3) is 0.467. The monoisotopic (exact) mass is 311 g/mol. The van der Waals surface area contributed by atoms with E-state index in [1.54, 1.807) is 12.1 Å². The van der Waals surface area contributed by atoms with E-state index in [1.807, 2.05) is 13.0 Å². The van der Waals surface area contributed by atoms with Gasteiger partial charge >= 0.3 is 5.97 Å². The van der Waals surface area contributed by atoms with Gasteiger partial charge in [0.05, 0.1) is 5.02 Å². The summed E-state index contributed by atoms with van der Waals surface area (Å²) >= 11 is 5.98. The van der Waals surface area contributed by atoms with Crippen LogP contribution in [-0.2, 0) is 9.59 Å². The molecule has 6 heteroatoms. The highest BCUT2D eigenvalue weighted by atomic mass is 35.5. The van der Waals surface area contributed by atoms with Crippen molar-refractivity contribution >= 4 is 23.5 Å². The molecule has 0 unspecified atom stereocenters. The van der Waals surface area contributed by atoms with Crippen LogP contribution in [0.25, 0.3) is 0 Å². The normalized spacial score (nSPS) is 16.5. The Hall–Kier alpha value is -1.75. The third kappa shape index (κ3) is 3.67. The van der Waals surface area contributed by atoms with E-state index in [9.17, 15) is 14.7 Å². The van der Waals surface area contributed by atoms with Gasteiger partial charge in [0.1, 0.15) is 11.3 Å². The summed E-state index contributed by atoms with van der Waals surface area (Å²) in [4.78, 5) is 23.3. The van der Waals surface area contributed by atoms with Crippen molar-refractivity contribution in [2.24, 2.45) is 0 Å². The number of carbonyl (C=O) groups is 2. The predicted molar refractivity (Wildman–Crippen MR) is 78.7 cm³/mol. The zero-order chi connectivity index (χ0) is 15.5. The summed E-state index contributed by atoms with van der Waals surface area (Å²) < 4.78 is 5.38. The summed E-state index contributed by atoms with van der Waals surface area (Å²) in [5, 5.41) is 12.3. The Morgan fingerprint density at radius 1 is 1.38 bits per heavy atom. The molecular weight excluding hydrogens is 294 g/mol. The Kier molecular flexibility index (Phi) is 4.73. The molecular formula is C15H18ClNO4. The highest BCUT2D eigenvalue weighted by Gasteiger charge is 2.42. The zero-order valence-electron chi connectivity index (χ0n) is 11.8. The van der Waals surface area contributed by atoms with Gasteiger partial charge in [0.2, 0.25) is 0 Å². The van der Waals surface area contributed by atoms with Crippen molar-refractivity contribution < 1.29 is 19.4 Å². The molecule has 0 atom stereocenters. The van der Waals surface area contributed by atoms with Crippen LogP contribution in [0, 0.1) is 6.92 Å². The predicted octanol–water partition coefficient (Wildman–Crippen LogP) is 2.54. The quantitative estimate of drug-likeness (QED) is 0.876. The first-order chi connectivity index (χ1) is 9.93. The fourth-order valence-corrected chi connectivity index (χ4v) is 2.71. The number of amides is 1. The molecule has 0 spiro atoms. The number of carbonyl (C=O) groups excluding carboxylic acids is 1. The summed E-state index contributed by atoms with van der Waals surface area (Å²) in [6.45, 7) is 1.64. The minimum absolute atomic E-state index is 0.252. The molecule has 2 N–H and O–H groups in total. The topological polar surface area (TPSA) is 75.6 Å². The van der Waals surface area contributed by atoms with Crippen molar-refractivity contribution in [3.63, 3.8) is 0 Å². The maximum absolute atomic E-state index is 11.9. The Bertz CT molecular complexity index is 553. The van der Waals surface area contributed by atoms with Crippen molar-refractivity contribution in [1.82, 2.24) is 5.32 Å². The maximum atomic E-state index is 11.9. The molecule has 1 amide bonds. The fourth-order valence-electron chi connectivity index (χ4n) is 2.54. The number of halogens is 1. The molecule has 5 nitrogen and oxygen atoms in total. The second-order valence-electron chi connectivity index (χ2n) is 5.37. The summed E-state index contributed by atoms with van der Waals surface area (Å²) in [6, 6.07) is 5.27. The molecule has 0 bridgehead atoms. The molecule has 0 radical (unpaired) electrons. The molecule has 1 aromatic carbocycles. The minimum Gasteiger partial charge on any atom is -0.482 e. The van der Waals surface area contributed by atoms with Crippen LogP contribution < -0.4 is 10.1 Å². The van der Waals surface area contributed by atoms with E-state index in [2.05, 4.69) is 5.32 Å². The number of hydrogen-bond acceptors (Lipinski definition) is 3. The van der Waals surface area contributed by atoms with Gasteiger partial charge in [-0.05, 0) is 37.5 Å². The number of benzene rings is 1. The molecule has 0 aromatic heterocycles. The van der Waals surface area contributed by atoms with E-state index < -0.39 is 17.4 Å². The minimum atomic E-state index is -1.14. The number of ether oxygens (including phenoxy) is 1. The Labute approximate surface area is 128 Å². The van der Waals surface area contributed by atoms with Gasteiger partial charge in [-0.1, -0.05) is 30.5 Å². The summed E-state index contributed by atoms with van der Waals surface area (Å²) in [5.74, 6) is -1.01. The van der Waals surface area contributed by atoms with Gasteiger partial charge in [-0.15, -0.1) is 0 Å². The molecule has 1 aromatic rings. The number of carboxylic acid groups (broad SMARTS) is 1. The van der Waals surface area contributed by atoms with Gasteiger partial charge in [-0.2, -0.15) is 0 Å². The van der Waals surface area contributed by atoms with Crippen LogP contribution in [0.4, 0.5) is 0 Å². The van der Waals surface area contributed by atoms with E-state index in [4.69, 9.17) is 16.3 Å². The standard InChI is InChI=1S/C15H18ClNO4/c1-10-4-5-11(16)12(8-10)21-9-13(18)17-15(14(19)20)6-2-3-7-15/h4-5,8H,2-3,6-7,9H2,1H3,(H,17,18)(H,19,20). The third-order valence-corrected chi connectivity index (χ3v) is 4.00. The second kappa shape index (κ2) is 6.35. The van der Waals surface area contributed by atoms with Gasteiger partial charge in [0, 0.05) is 0 Å². The van der Waals surface area contributed by atoms with E-state index in [-0.39, 0.29) is 6.61 Å². The number of rotatable bonds is 5. The number of hydrogen-bond donors (Lipinski definition) is 2. The summed E-state index contributed by atoms with van der Waals surface area (Å²) in [5.41, 5.74) is -0.177. The second-order valence-corrected chi connectivity index (χ2v) is 5.77. The lowest BCUT2D eigenvalue weighted by molar-refractivity contribution is -0.147. The molecule has 21 heavy (non-hydrogen) atoms. The van der Waals surface area contributed by atoms with Crippen molar-refractivity contribution in [3.8, 4) is 5.75 Å². The van der Waals surface area contributed by atoms with Crippen LogP contribution >= 0.6 is 11.6 Å². The lowest BCUT2D eigenvalue weighted by Gasteiger charge is -2.25. The number of carboxylic acids is 1. The van der Waals surface area contributed by atoms with Gasteiger partial charge < -0.3 is 15.2 Å². The Morgan fingerprint density at radius 3 is 2.67 bits per heavy atom. The van der Waals surface area contributed by atoms with E-state index in [0.717, 1.165) is 18.4 Å². The largest absolute Gasteiger partial charge is 0.482 e. The smallest absolute Gasteiger partial charge is 0.329 e. The maximum Gasteiger partial charge on any atom is 0.329 e. The Morgan fingerprint density at radius 2 is 2.05 bits per heavy atom. The van der Waals surface area contributed by atoms with Crippen LogP contribution in [0.3, 0.4) is 0 Å². The van der Waals surface area contributed by atoms with E-state index >= 15 is 0 Å². The molecule has 0 aliphatic heterocycles. The first-order valence-corrected chi connectivity index (χ1v) is 7.24. The third-order valence-electron chi connectivity index (χ3n) is 3.69. The van der Waals surface area contributed by atoms with E-state index in [0.29, 0.717) is 23.6 Å². The molecule has 0 heterocycles. The van der Waals surface area contributed by atoms with Crippen molar-refractivity contribution in [2.45, 2.75) is 38.1 Å². The van der Waals surface area contributed by atoms with Crippen LogP contribution in [0.15, 0.2) is 18.2 Å². The van der Waals surface area contributed by atoms with Gasteiger partial charge in [-0.3, -0.25) is 4.79 Å². The molecule has 114 valence electrons. The summed E-state index contributed by atoms with van der Waals surface area (Å²) in [7, 11) is 0. The van der Waals surface area contributed by atoms with E-state index in [1.165, 1.54) is 0 Å². The SMILES string of the molecule is Cc1ccc(Cl)c(OCC(=O)NC2(C(=O)O)CCCC2)c1.